The second kappa shape index (κ2) is 8.24. The maximum Gasteiger partial charge on any atom is 0.171 e. The van der Waals surface area contributed by atoms with E-state index < -0.39 is 5.82 Å². The van der Waals surface area contributed by atoms with E-state index in [1.165, 1.54) is 17.0 Å². The van der Waals surface area contributed by atoms with Gasteiger partial charge >= 0.3 is 0 Å². The van der Waals surface area contributed by atoms with Crippen LogP contribution in [-0.2, 0) is 0 Å². The lowest BCUT2D eigenvalue weighted by molar-refractivity contribution is -0.860. The number of anilines is 1. The van der Waals surface area contributed by atoms with E-state index in [2.05, 4.69) is 36.9 Å². The molecule has 2 rings (SSSR count). The quantitative estimate of drug-likeness (QED) is 0.722. The van der Waals surface area contributed by atoms with E-state index in [4.69, 9.17) is 23.8 Å². The fraction of sp³-hybridized carbons (Fsp3) is 0.235. The van der Waals surface area contributed by atoms with Gasteiger partial charge in [-0.05, 0) is 36.0 Å². The highest BCUT2D eigenvalue weighted by Crippen LogP contribution is 2.19. The standard InChI is InChI=1S/C17H19ClFN3S/c1-22(2)11-16(12-6-4-3-5-7-12)21-17(23)20-13-8-9-15(19)14(18)10-13/h3-10,16H,11H2,1-2H3,(H2,20,21,23)/p+1/t16-/m1/s1. The van der Waals surface area contributed by atoms with Gasteiger partial charge in [0.15, 0.2) is 5.11 Å². The zero-order valence-corrected chi connectivity index (χ0v) is 14.6. The van der Waals surface area contributed by atoms with Crippen LogP contribution in [0.2, 0.25) is 5.02 Å². The Hall–Kier alpha value is -1.69. The normalized spacial score (nSPS) is 12.0. The lowest BCUT2D eigenvalue weighted by Crippen LogP contribution is -3.06. The number of halogens is 2. The summed E-state index contributed by atoms with van der Waals surface area (Å²) in [6.45, 7) is 0.871. The molecule has 0 fully saturated rings. The van der Waals surface area contributed by atoms with E-state index in [9.17, 15) is 4.39 Å². The van der Waals surface area contributed by atoms with Crippen molar-refractivity contribution in [3.05, 3.63) is 64.9 Å². The summed E-state index contributed by atoms with van der Waals surface area (Å²) in [5, 5.41) is 6.89. The summed E-state index contributed by atoms with van der Waals surface area (Å²) in [5.41, 5.74) is 1.81. The molecule has 0 unspecified atom stereocenters. The smallest absolute Gasteiger partial charge is 0.171 e. The Bertz CT molecular complexity index is 664. The molecule has 0 saturated carbocycles. The number of quaternary nitrogens is 1. The highest BCUT2D eigenvalue weighted by molar-refractivity contribution is 7.80. The van der Waals surface area contributed by atoms with Crippen LogP contribution in [0.4, 0.5) is 10.1 Å². The van der Waals surface area contributed by atoms with Gasteiger partial charge in [0.2, 0.25) is 0 Å². The summed E-state index contributed by atoms with van der Waals surface area (Å²) >= 11 is 11.2. The first-order chi connectivity index (χ1) is 11.0. The van der Waals surface area contributed by atoms with Crippen molar-refractivity contribution in [3.8, 4) is 0 Å². The molecule has 3 nitrogen and oxygen atoms in total. The van der Waals surface area contributed by atoms with Crippen molar-refractivity contribution in [1.29, 1.82) is 0 Å². The summed E-state index contributed by atoms with van der Waals surface area (Å²) in [6, 6.07) is 14.6. The van der Waals surface area contributed by atoms with E-state index in [0.29, 0.717) is 10.8 Å². The molecule has 2 aromatic rings. The van der Waals surface area contributed by atoms with Gasteiger partial charge in [0, 0.05) is 5.69 Å². The number of hydrogen-bond acceptors (Lipinski definition) is 1. The van der Waals surface area contributed by atoms with Crippen molar-refractivity contribution in [2.75, 3.05) is 26.0 Å². The van der Waals surface area contributed by atoms with Crippen LogP contribution >= 0.6 is 23.8 Å². The average Bonchev–Trinajstić information content (AvgIpc) is 2.51. The molecule has 0 spiro atoms. The summed E-state index contributed by atoms with van der Waals surface area (Å²) in [4.78, 5) is 1.30. The van der Waals surface area contributed by atoms with Gasteiger partial charge in [-0.2, -0.15) is 0 Å². The molecule has 2 aromatic carbocycles. The predicted molar refractivity (Wildman–Crippen MR) is 97.6 cm³/mol. The Morgan fingerprint density at radius 3 is 2.52 bits per heavy atom. The summed E-state index contributed by atoms with van der Waals surface area (Å²) < 4.78 is 13.2. The molecule has 23 heavy (non-hydrogen) atoms. The second-order valence-electron chi connectivity index (χ2n) is 5.60. The minimum absolute atomic E-state index is 0.0649. The van der Waals surface area contributed by atoms with Gasteiger partial charge in [0.1, 0.15) is 18.4 Å². The number of rotatable bonds is 5. The first-order valence-electron chi connectivity index (χ1n) is 7.32. The molecule has 0 aromatic heterocycles. The molecule has 0 aliphatic heterocycles. The highest BCUT2D eigenvalue weighted by Gasteiger charge is 2.16. The molecule has 122 valence electrons. The molecule has 0 aliphatic carbocycles. The minimum Gasteiger partial charge on any atom is -0.350 e. The SMILES string of the molecule is C[NH+](C)C[C@@H](NC(=S)Nc1ccc(F)c(Cl)c1)c1ccccc1. The molecule has 0 radical (unpaired) electrons. The third-order valence-electron chi connectivity index (χ3n) is 3.30. The van der Waals surface area contributed by atoms with Crippen LogP contribution in [0, 0.1) is 5.82 Å². The predicted octanol–water partition coefficient (Wildman–Crippen LogP) is 2.65. The number of likely N-dealkylation sites (N-methyl/N-ethyl adjacent to an activating group) is 1. The fourth-order valence-corrected chi connectivity index (χ4v) is 2.69. The molecule has 6 heteroatoms. The van der Waals surface area contributed by atoms with Gasteiger partial charge in [0.05, 0.1) is 19.1 Å². The Labute approximate surface area is 146 Å². The van der Waals surface area contributed by atoms with Gasteiger partial charge in [-0.15, -0.1) is 0 Å². The zero-order chi connectivity index (χ0) is 16.8. The van der Waals surface area contributed by atoms with Crippen molar-refractivity contribution in [1.82, 2.24) is 5.32 Å². The molecule has 3 N–H and O–H groups in total. The van der Waals surface area contributed by atoms with Crippen molar-refractivity contribution >= 4 is 34.6 Å². The van der Waals surface area contributed by atoms with Gasteiger partial charge in [-0.1, -0.05) is 41.9 Å². The lowest BCUT2D eigenvalue weighted by atomic mass is 10.1. The van der Waals surface area contributed by atoms with Crippen LogP contribution in [-0.4, -0.2) is 25.8 Å². The lowest BCUT2D eigenvalue weighted by Gasteiger charge is -2.22. The molecular formula is C17H20ClFN3S+. The van der Waals surface area contributed by atoms with Crippen molar-refractivity contribution in [2.24, 2.45) is 0 Å². The van der Waals surface area contributed by atoms with Gasteiger partial charge in [0.25, 0.3) is 0 Å². The third-order valence-corrected chi connectivity index (χ3v) is 3.81. The fourth-order valence-electron chi connectivity index (χ4n) is 2.25. The minimum atomic E-state index is -0.450. The zero-order valence-electron chi connectivity index (χ0n) is 13.1. The van der Waals surface area contributed by atoms with Crippen molar-refractivity contribution in [2.45, 2.75) is 6.04 Å². The van der Waals surface area contributed by atoms with Crippen molar-refractivity contribution < 1.29 is 9.29 Å². The van der Waals surface area contributed by atoms with Gasteiger partial charge in [-0.25, -0.2) is 4.39 Å². The molecule has 0 heterocycles. The molecule has 0 amide bonds. The van der Waals surface area contributed by atoms with Crippen LogP contribution in [0.15, 0.2) is 48.5 Å². The first kappa shape index (κ1) is 17.7. The molecule has 0 bridgehead atoms. The molecular weight excluding hydrogens is 333 g/mol. The molecule has 1 atom stereocenters. The number of benzene rings is 2. The van der Waals surface area contributed by atoms with E-state index in [0.717, 1.165) is 12.1 Å². The van der Waals surface area contributed by atoms with Crippen LogP contribution in [0.3, 0.4) is 0 Å². The topological polar surface area (TPSA) is 28.5 Å². The largest absolute Gasteiger partial charge is 0.350 e. The maximum absolute atomic E-state index is 13.2. The van der Waals surface area contributed by atoms with Gasteiger partial charge < -0.3 is 15.5 Å². The second-order valence-corrected chi connectivity index (χ2v) is 6.42. The van der Waals surface area contributed by atoms with E-state index in [1.807, 2.05) is 18.2 Å². The number of nitrogens with one attached hydrogen (secondary N) is 3. The molecule has 0 saturated heterocycles. The van der Waals surface area contributed by atoms with Crippen LogP contribution in [0.25, 0.3) is 0 Å². The maximum atomic E-state index is 13.2. The Morgan fingerprint density at radius 2 is 1.91 bits per heavy atom. The van der Waals surface area contributed by atoms with Crippen LogP contribution in [0.5, 0.6) is 0 Å². The third kappa shape index (κ3) is 5.46. The van der Waals surface area contributed by atoms with E-state index in [-0.39, 0.29) is 11.1 Å². The summed E-state index contributed by atoms with van der Waals surface area (Å²) in [6.07, 6.45) is 0. The van der Waals surface area contributed by atoms with Crippen LogP contribution < -0.4 is 15.5 Å². The van der Waals surface area contributed by atoms with E-state index >= 15 is 0 Å². The molecule has 0 aliphatic rings. The Morgan fingerprint density at radius 1 is 1.22 bits per heavy atom. The summed E-state index contributed by atoms with van der Waals surface area (Å²) in [5.74, 6) is -0.450. The highest BCUT2D eigenvalue weighted by atomic mass is 35.5. The van der Waals surface area contributed by atoms with Crippen molar-refractivity contribution in [3.63, 3.8) is 0 Å². The first-order valence-corrected chi connectivity index (χ1v) is 8.11. The van der Waals surface area contributed by atoms with Gasteiger partial charge in [-0.3, -0.25) is 0 Å². The Kier molecular flexibility index (Phi) is 6.33. The number of thiocarbonyl (C=S) groups is 1. The Balaban J connectivity index is 2.06. The monoisotopic (exact) mass is 352 g/mol. The van der Waals surface area contributed by atoms with E-state index in [1.54, 1.807) is 6.07 Å². The number of hydrogen-bond donors (Lipinski definition) is 3. The average molecular weight is 353 g/mol. The van der Waals surface area contributed by atoms with Crippen LogP contribution in [0.1, 0.15) is 11.6 Å². The summed E-state index contributed by atoms with van der Waals surface area (Å²) in [7, 11) is 4.18.